The van der Waals surface area contributed by atoms with Crippen LogP contribution in [-0.4, -0.2) is 17.7 Å². The lowest BCUT2D eigenvalue weighted by Crippen LogP contribution is -2.19. The van der Waals surface area contributed by atoms with Crippen molar-refractivity contribution in [2.75, 3.05) is 6.61 Å². The van der Waals surface area contributed by atoms with Gasteiger partial charge in [0.1, 0.15) is 0 Å². The Labute approximate surface area is 176 Å². The van der Waals surface area contributed by atoms with Crippen LogP contribution in [0.4, 0.5) is 5.69 Å². The van der Waals surface area contributed by atoms with Crippen molar-refractivity contribution < 1.29 is 9.53 Å². The van der Waals surface area contributed by atoms with Crippen molar-refractivity contribution in [1.82, 2.24) is 5.32 Å². The van der Waals surface area contributed by atoms with Crippen LogP contribution < -0.4 is 10.1 Å². The average Bonchev–Trinajstić information content (AvgIpc) is 2.95. The lowest BCUT2D eigenvalue weighted by molar-refractivity contribution is -0.115. The minimum atomic E-state index is -0.230. The third kappa shape index (κ3) is 5.20. The van der Waals surface area contributed by atoms with Crippen molar-refractivity contribution in [3.05, 3.63) is 61.9 Å². The maximum atomic E-state index is 12.2. The fraction of sp³-hybridized carbons (Fsp3) is 0.158. The molecule has 0 unspecified atom stereocenters. The molecule has 140 valence electrons. The molecule has 0 atom stereocenters. The largest absolute Gasteiger partial charge is 0.490 e. The first-order chi connectivity index (χ1) is 13.0. The van der Waals surface area contributed by atoms with Crippen LogP contribution in [0.2, 0.25) is 15.1 Å². The summed E-state index contributed by atoms with van der Waals surface area (Å²) in [6, 6.07) is 10.5. The minimum absolute atomic E-state index is 0.230. The topological polar surface area (TPSA) is 50.7 Å². The van der Waals surface area contributed by atoms with E-state index in [1.165, 1.54) is 11.8 Å². The second-order valence-electron chi connectivity index (χ2n) is 5.62. The van der Waals surface area contributed by atoms with E-state index in [0.29, 0.717) is 48.7 Å². The quantitative estimate of drug-likeness (QED) is 0.552. The number of hydrogen-bond donors (Lipinski definition) is 1. The normalized spacial score (nSPS) is 16.8. The number of hydrogen-bond acceptors (Lipinski definition) is 4. The lowest BCUT2D eigenvalue weighted by Gasteiger charge is -2.10. The zero-order valence-corrected chi connectivity index (χ0v) is 17.3. The van der Waals surface area contributed by atoms with E-state index in [0.717, 1.165) is 6.42 Å². The molecule has 1 amide bonds. The number of amides is 1. The molecule has 1 fully saturated rings. The molecule has 0 bridgehead atoms. The van der Waals surface area contributed by atoms with E-state index < -0.39 is 0 Å². The molecule has 8 heteroatoms. The summed E-state index contributed by atoms with van der Waals surface area (Å²) in [7, 11) is 0. The number of benzene rings is 2. The van der Waals surface area contributed by atoms with Gasteiger partial charge in [-0.05, 0) is 66.2 Å². The number of carbonyl (C=O) groups is 1. The molecule has 4 nitrogen and oxygen atoms in total. The molecule has 1 heterocycles. The van der Waals surface area contributed by atoms with Gasteiger partial charge in [0, 0.05) is 5.02 Å². The van der Waals surface area contributed by atoms with Crippen LogP contribution in [0.25, 0.3) is 6.08 Å². The van der Waals surface area contributed by atoms with E-state index in [1.54, 1.807) is 42.5 Å². The summed E-state index contributed by atoms with van der Waals surface area (Å²) in [4.78, 5) is 17.1. The van der Waals surface area contributed by atoms with Gasteiger partial charge in [-0.25, -0.2) is 4.99 Å². The van der Waals surface area contributed by atoms with Gasteiger partial charge in [0.2, 0.25) is 0 Å². The first-order valence-corrected chi connectivity index (χ1v) is 10.1. The fourth-order valence-electron chi connectivity index (χ4n) is 2.27. The van der Waals surface area contributed by atoms with E-state index in [1.807, 2.05) is 6.92 Å². The molecule has 1 saturated heterocycles. The van der Waals surface area contributed by atoms with Crippen molar-refractivity contribution >= 4 is 69.4 Å². The molecule has 1 N–H and O–H groups in total. The van der Waals surface area contributed by atoms with E-state index >= 15 is 0 Å². The van der Waals surface area contributed by atoms with Gasteiger partial charge in [-0.3, -0.25) is 4.79 Å². The first kappa shape index (κ1) is 20.1. The van der Waals surface area contributed by atoms with Crippen LogP contribution in [0, 0.1) is 0 Å². The highest BCUT2D eigenvalue weighted by Crippen LogP contribution is 2.36. The van der Waals surface area contributed by atoms with Crippen molar-refractivity contribution in [1.29, 1.82) is 0 Å². The zero-order valence-electron chi connectivity index (χ0n) is 14.3. The van der Waals surface area contributed by atoms with Crippen molar-refractivity contribution in [3.63, 3.8) is 0 Å². The number of thioether (sulfide) groups is 1. The summed E-state index contributed by atoms with van der Waals surface area (Å²) in [5.41, 5.74) is 1.41. The Morgan fingerprint density at radius 2 is 1.81 bits per heavy atom. The van der Waals surface area contributed by atoms with Crippen LogP contribution >= 0.6 is 46.6 Å². The lowest BCUT2D eigenvalue weighted by atomic mass is 10.2. The van der Waals surface area contributed by atoms with Crippen LogP contribution in [0.5, 0.6) is 5.75 Å². The Balaban J connectivity index is 1.81. The van der Waals surface area contributed by atoms with Gasteiger partial charge in [0.15, 0.2) is 10.9 Å². The van der Waals surface area contributed by atoms with Gasteiger partial charge in [0.05, 0.1) is 27.2 Å². The highest BCUT2D eigenvalue weighted by Gasteiger charge is 2.24. The predicted octanol–water partition coefficient (Wildman–Crippen LogP) is 6.33. The first-order valence-electron chi connectivity index (χ1n) is 8.13. The third-order valence-corrected chi connectivity index (χ3v) is 5.20. The Morgan fingerprint density at radius 3 is 2.44 bits per heavy atom. The minimum Gasteiger partial charge on any atom is -0.490 e. The molecule has 1 aliphatic rings. The average molecular weight is 442 g/mol. The van der Waals surface area contributed by atoms with E-state index in [9.17, 15) is 4.79 Å². The summed E-state index contributed by atoms with van der Waals surface area (Å²) in [6.45, 7) is 2.53. The molecular formula is C19H15Cl3N2O2S. The molecule has 0 aromatic heterocycles. The molecule has 3 rings (SSSR count). The molecule has 2 aromatic carbocycles. The number of halogens is 3. The van der Waals surface area contributed by atoms with Gasteiger partial charge in [-0.1, -0.05) is 41.7 Å². The highest BCUT2D eigenvalue weighted by molar-refractivity contribution is 8.18. The molecule has 0 radical (unpaired) electrons. The SMILES string of the molecule is CCCOc1c(Cl)cc(/C=C2\SC(=Nc3ccc(Cl)cc3)NC2=O)cc1Cl. The number of rotatable bonds is 5. The number of carbonyl (C=O) groups excluding carboxylic acids is 1. The molecule has 0 aliphatic carbocycles. The van der Waals surface area contributed by atoms with Gasteiger partial charge in [0.25, 0.3) is 5.91 Å². The van der Waals surface area contributed by atoms with E-state index in [4.69, 9.17) is 39.5 Å². The van der Waals surface area contributed by atoms with E-state index in [-0.39, 0.29) is 5.91 Å². The van der Waals surface area contributed by atoms with Crippen molar-refractivity contribution in [3.8, 4) is 5.75 Å². The summed E-state index contributed by atoms with van der Waals surface area (Å²) in [5, 5.41) is 4.67. The second-order valence-corrected chi connectivity index (χ2v) is 7.90. The third-order valence-electron chi connectivity index (χ3n) is 3.48. The fourth-order valence-corrected chi connectivity index (χ4v) is 3.85. The molecule has 0 saturated carbocycles. The van der Waals surface area contributed by atoms with Crippen molar-refractivity contribution in [2.45, 2.75) is 13.3 Å². The number of ether oxygens (including phenoxy) is 1. The molecular weight excluding hydrogens is 427 g/mol. The smallest absolute Gasteiger partial charge is 0.264 e. The van der Waals surface area contributed by atoms with Crippen LogP contribution in [0.15, 0.2) is 46.3 Å². The van der Waals surface area contributed by atoms with Crippen LogP contribution in [0.3, 0.4) is 0 Å². The molecule has 1 aliphatic heterocycles. The number of amidine groups is 1. The summed E-state index contributed by atoms with van der Waals surface area (Å²) < 4.78 is 5.56. The number of nitrogens with zero attached hydrogens (tertiary/aromatic N) is 1. The summed E-state index contributed by atoms with van der Waals surface area (Å²) in [5.74, 6) is 0.224. The van der Waals surface area contributed by atoms with Gasteiger partial charge in [-0.15, -0.1) is 0 Å². The van der Waals surface area contributed by atoms with Crippen LogP contribution in [-0.2, 0) is 4.79 Å². The van der Waals surface area contributed by atoms with Crippen molar-refractivity contribution in [2.24, 2.45) is 4.99 Å². The predicted molar refractivity (Wildman–Crippen MR) is 115 cm³/mol. The maximum Gasteiger partial charge on any atom is 0.264 e. The molecule has 27 heavy (non-hydrogen) atoms. The summed E-state index contributed by atoms with van der Waals surface area (Å²) in [6.07, 6.45) is 2.57. The van der Waals surface area contributed by atoms with Gasteiger partial charge >= 0.3 is 0 Å². The summed E-state index contributed by atoms with van der Waals surface area (Å²) >= 11 is 19.6. The number of nitrogens with one attached hydrogen (secondary N) is 1. The Morgan fingerprint density at radius 1 is 1.15 bits per heavy atom. The van der Waals surface area contributed by atoms with Crippen LogP contribution in [0.1, 0.15) is 18.9 Å². The number of aliphatic imine (C=N–C) groups is 1. The molecule has 0 spiro atoms. The standard InChI is InChI=1S/C19H15Cl3N2O2S/c1-2-7-26-17-14(21)8-11(9-15(17)22)10-16-18(25)24-19(27-16)23-13-5-3-12(20)4-6-13/h3-6,8-10H,2,7H2,1H3,(H,23,24,25)/b16-10-. The Kier molecular flexibility index (Phi) is 6.71. The maximum absolute atomic E-state index is 12.2. The van der Waals surface area contributed by atoms with E-state index in [2.05, 4.69) is 10.3 Å². The Hall–Kier alpha value is -1.66. The van der Waals surface area contributed by atoms with Gasteiger partial charge in [-0.2, -0.15) is 0 Å². The zero-order chi connectivity index (χ0) is 19.4. The Bertz CT molecular complexity index is 904. The monoisotopic (exact) mass is 440 g/mol. The van der Waals surface area contributed by atoms with Gasteiger partial charge < -0.3 is 10.1 Å². The molecule has 2 aromatic rings. The highest BCUT2D eigenvalue weighted by atomic mass is 35.5. The second kappa shape index (κ2) is 9.02.